The van der Waals surface area contributed by atoms with E-state index in [1.807, 2.05) is 9.13 Å². The van der Waals surface area contributed by atoms with E-state index >= 15 is 0 Å². The Bertz CT molecular complexity index is 3080. The number of amides is 2. The lowest BCUT2D eigenvalue weighted by molar-refractivity contribution is 0.0989. The number of aromatic nitrogens is 8. The maximum atomic E-state index is 12.6. The van der Waals surface area contributed by atoms with E-state index in [0.29, 0.717) is 67.5 Å². The summed E-state index contributed by atoms with van der Waals surface area (Å²) in [6.45, 7) is 0.529. The van der Waals surface area contributed by atoms with E-state index in [1.165, 1.54) is 14.2 Å². The van der Waals surface area contributed by atoms with Crippen LogP contribution in [0.15, 0.2) is 79.1 Å². The molecule has 2 aliphatic heterocycles. The van der Waals surface area contributed by atoms with E-state index in [4.69, 9.17) is 49.2 Å². The number of ether oxygens (including phenoxy) is 4. The van der Waals surface area contributed by atoms with E-state index < -0.39 is 23.3 Å². The van der Waals surface area contributed by atoms with Gasteiger partial charge < -0.3 is 48.4 Å². The fraction of sp³-hybridized carbons (Fsp3) is 0.158. The average Bonchev–Trinajstić information content (AvgIpc) is 4.02. The summed E-state index contributed by atoms with van der Waals surface area (Å²) in [7, 11) is 2.82. The molecule has 0 saturated carbocycles. The van der Waals surface area contributed by atoms with E-state index in [2.05, 4.69) is 20.4 Å². The van der Waals surface area contributed by atoms with Crippen molar-refractivity contribution in [1.82, 2.24) is 39.5 Å². The first-order chi connectivity index (χ1) is 28.1. The number of carbonyl (C=O) groups is 2. The fourth-order valence-electron chi connectivity index (χ4n) is 7.18. The van der Waals surface area contributed by atoms with E-state index in [9.17, 15) is 19.2 Å². The molecule has 0 atom stereocenters. The maximum absolute atomic E-state index is 12.6. The number of fused-ring (bicyclic) bond motifs is 8. The van der Waals surface area contributed by atoms with Crippen LogP contribution in [0.4, 0.5) is 0 Å². The lowest BCUT2D eigenvalue weighted by atomic mass is 10.1. The Labute approximate surface area is 323 Å². The first-order valence-electron chi connectivity index (χ1n) is 17.5. The number of H-pyrrole nitrogens is 2. The second-order valence-electron chi connectivity index (χ2n) is 12.9. The Balaban J connectivity index is 1.34. The lowest BCUT2D eigenvalue weighted by Gasteiger charge is -2.16. The largest absolute Gasteiger partial charge is 0.494 e. The maximum Gasteiger partial charge on any atom is 0.434 e. The predicted octanol–water partition coefficient (Wildman–Crippen LogP) is 3.09. The van der Waals surface area contributed by atoms with Crippen molar-refractivity contribution in [3.05, 3.63) is 92.9 Å². The van der Waals surface area contributed by atoms with Gasteiger partial charge in [-0.05, 0) is 60.7 Å². The molecule has 0 unspecified atom stereocenters. The van der Waals surface area contributed by atoms with Crippen LogP contribution >= 0.6 is 0 Å². The van der Waals surface area contributed by atoms with Crippen molar-refractivity contribution in [1.29, 1.82) is 0 Å². The summed E-state index contributed by atoms with van der Waals surface area (Å²) in [6.07, 6.45) is 0. The molecule has 0 spiro atoms. The van der Waals surface area contributed by atoms with Gasteiger partial charge in [-0.2, -0.15) is 0 Å². The molecule has 2 aliphatic rings. The van der Waals surface area contributed by atoms with E-state index in [0.717, 1.165) is 0 Å². The van der Waals surface area contributed by atoms with Crippen LogP contribution < -0.4 is 41.9 Å². The SMILES string of the molecule is COc1c(C(N)=O)ccc2c1nc1n2CCn2c(nc3c(OC)c(C(N)=O)ccc32)-c2cc(ccc2-c2n[nH]c(=O)o2)OCCOc2ccc-1c(-c1n[nH]c(=O)o1)c2. The van der Waals surface area contributed by atoms with E-state index in [-0.39, 0.29) is 60.7 Å². The normalized spacial score (nSPS) is 12.7. The highest BCUT2D eigenvalue weighted by Gasteiger charge is 2.27. The number of hydrogen-bond acceptors (Lipinski definition) is 14. The number of rotatable bonds is 6. The van der Waals surface area contributed by atoms with Crippen LogP contribution in [-0.4, -0.2) is 78.7 Å². The summed E-state index contributed by atoms with van der Waals surface area (Å²) in [4.78, 5) is 59.5. The van der Waals surface area contributed by atoms with Crippen molar-refractivity contribution >= 4 is 33.9 Å². The van der Waals surface area contributed by atoms with Gasteiger partial charge in [0.05, 0.1) is 47.5 Å². The van der Waals surface area contributed by atoms with Gasteiger partial charge in [0.2, 0.25) is 11.8 Å². The van der Waals surface area contributed by atoms with Gasteiger partial charge in [-0.15, -0.1) is 10.2 Å². The van der Waals surface area contributed by atoms with Crippen molar-refractivity contribution in [3.63, 3.8) is 0 Å². The minimum Gasteiger partial charge on any atom is -0.494 e. The number of benzene rings is 4. The zero-order valence-electron chi connectivity index (χ0n) is 30.5. The van der Waals surface area contributed by atoms with Gasteiger partial charge in [0, 0.05) is 24.2 Å². The molecule has 8 aromatic rings. The summed E-state index contributed by atoms with van der Waals surface area (Å²) in [5.41, 5.74) is 15.1. The predicted molar refractivity (Wildman–Crippen MR) is 204 cm³/mol. The van der Waals surface area contributed by atoms with Gasteiger partial charge in [-0.25, -0.2) is 29.8 Å². The molecule has 0 saturated heterocycles. The molecule has 0 aliphatic carbocycles. The Kier molecular flexibility index (Phi) is 8.49. The number of hydrogen-bond donors (Lipinski definition) is 4. The quantitative estimate of drug-likeness (QED) is 0.189. The van der Waals surface area contributed by atoms with Crippen LogP contribution in [0.3, 0.4) is 0 Å². The molecule has 292 valence electrons. The number of nitrogens with one attached hydrogen (secondary N) is 2. The lowest BCUT2D eigenvalue weighted by Crippen LogP contribution is -2.13. The van der Waals surface area contributed by atoms with Crippen molar-refractivity contribution in [2.45, 2.75) is 13.1 Å². The second kappa shape index (κ2) is 13.8. The zero-order valence-corrected chi connectivity index (χ0v) is 30.5. The number of imidazole rings is 2. The van der Waals surface area contributed by atoms with Crippen LogP contribution in [0.2, 0.25) is 0 Å². The van der Waals surface area contributed by atoms with Gasteiger partial charge in [0.1, 0.15) is 47.4 Å². The molecule has 20 heteroatoms. The van der Waals surface area contributed by atoms with Gasteiger partial charge in [-0.1, -0.05) is 0 Å². The molecule has 4 aromatic heterocycles. The minimum atomic E-state index is -0.773. The molecule has 58 heavy (non-hydrogen) atoms. The Morgan fingerprint density at radius 1 is 0.638 bits per heavy atom. The highest BCUT2D eigenvalue weighted by Crippen LogP contribution is 2.41. The third kappa shape index (κ3) is 5.86. The van der Waals surface area contributed by atoms with Gasteiger partial charge in [0.15, 0.2) is 11.5 Å². The van der Waals surface area contributed by atoms with Crippen LogP contribution in [-0.2, 0) is 13.1 Å². The van der Waals surface area contributed by atoms with Crippen LogP contribution in [0.25, 0.3) is 67.8 Å². The molecular formula is C38H30N10O10. The Hall–Kier alpha value is -8.16. The number of aryl methyl sites for hydroxylation is 2. The highest BCUT2D eigenvalue weighted by atomic mass is 16.5. The van der Waals surface area contributed by atoms with Crippen LogP contribution in [0, 0.1) is 0 Å². The smallest absolute Gasteiger partial charge is 0.434 e. The van der Waals surface area contributed by atoms with E-state index in [1.54, 1.807) is 60.7 Å². The summed E-state index contributed by atoms with van der Waals surface area (Å²) in [5, 5.41) is 12.8. The molecule has 2 amide bonds. The third-order valence-electron chi connectivity index (χ3n) is 9.66. The van der Waals surface area contributed by atoms with Gasteiger partial charge >= 0.3 is 11.5 Å². The molecule has 4 aromatic carbocycles. The number of carbonyl (C=O) groups excluding carboxylic acids is 2. The third-order valence-corrected chi connectivity index (χ3v) is 9.66. The number of nitrogens with zero attached hydrogens (tertiary/aromatic N) is 6. The van der Waals surface area contributed by atoms with Crippen molar-refractivity contribution in [3.8, 4) is 68.7 Å². The molecule has 0 radical (unpaired) electrons. The summed E-state index contributed by atoms with van der Waals surface area (Å²) in [5.74, 6) is -1.17. The number of nitrogens with two attached hydrogens (primary N) is 2. The number of aromatic amines is 2. The van der Waals surface area contributed by atoms with Crippen molar-refractivity contribution in [2.24, 2.45) is 11.5 Å². The Morgan fingerprint density at radius 2 is 1.10 bits per heavy atom. The summed E-state index contributed by atoms with van der Waals surface area (Å²) in [6, 6.07) is 16.7. The first kappa shape index (κ1) is 35.5. The Morgan fingerprint density at radius 3 is 1.57 bits per heavy atom. The number of methoxy groups -OCH3 is 2. The van der Waals surface area contributed by atoms with Crippen LogP contribution in [0.1, 0.15) is 20.7 Å². The monoisotopic (exact) mass is 786 g/mol. The summed E-state index contributed by atoms with van der Waals surface area (Å²) >= 11 is 0. The zero-order chi connectivity index (χ0) is 40.2. The van der Waals surface area contributed by atoms with Crippen molar-refractivity contribution in [2.75, 3.05) is 27.4 Å². The fourth-order valence-corrected chi connectivity index (χ4v) is 7.18. The highest BCUT2D eigenvalue weighted by molar-refractivity contribution is 6.03. The van der Waals surface area contributed by atoms with Gasteiger partial charge in [-0.3, -0.25) is 9.59 Å². The van der Waals surface area contributed by atoms with Crippen LogP contribution in [0.5, 0.6) is 23.0 Å². The molecular weight excluding hydrogens is 756 g/mol. The minimum absolute atomic E-state index is 0.0107. The standard InChI is InChI=1S/C38H30N10O10/c1-53-29-21(31(39)49)7-9-25-27(29)41-33-19-5-3-18(16-24(19)36-44-46-38(52)58-36)56-14-13-55-17-4-6-20(35-43-45-37(51)57-35)23(15-17)34-42-28-26(48(34)12-11-47(25)33)10-8-22(32(40)50)30(28)54-2/h3-10,15-16H,11-14H2,1-2H3,(H2,39,49)(H2,40,50)(H,45,51)(H,46,52). The average molecular weight is 787 g/mol. The molecule has 4 bridgehead atoms. The second-order valence-corrected chi connectivity index (χ2v) is 12.9. The van der Waals surface area contributed by atoms with Gasteiger partial charge in [0.25, 0.3) is 11.8 Å². The molecule has 0 fully saturated rings. The molecule has 10 rings (SSSR count). The number of primary amides is 2. The molecule has 6 heterocycles. The topological polar surface area (TPSA) is 277 Å². The van der Waals surface area contributed by atoms with Crippen molar-refractivity contribution < 1.29 is 37.4 Å². The first-order valence-corrected chi connectivity index (χ1v) is 17.5. The summed E-state index contributed by atoms with van der Waals surface area (Å²) < 4.78 is 38.3. The molecule has 20 nitrogen and oxygen atoms in total. The molecule has 6 N–H and O–H groups in total.